The van der Waals surface area contributed by atoms with Gasteiger partial charge in [-0.3, -0.25) is 9.59 Å². The van der Waals surface area contributed by atoms with Gasteiger partial charge >= 0.3 is 0 Å². The minimum Gasteiger partial charge on any atom is -0.484 e. The van der Waals surface area contributed by atoms with E-state index in [4.69, 9.17) is 4.74 Å². The van der Waals surface area contributed by atoms with Crippen LogP contribution in [0, 0.1) is 5.92 Å². The molecule has 3 heterocycles. The Hall–Kier alpha value is -2.64. The molecule has 1 atom stereocenters. The molecular formula is C23H22N2O3S2. The number of nitrogens with one attached hydrogen (secondary N) is 1. The van der Waals surface area contributed by atoms with Gasteiger partial charge in [0, 0.05) is 34.0 Å². The smallest absolute Gasteiger partial charge is 0.261 e. The lowest BCUT2D eigenvalue weighted by atomic mass is 9.98. The lowest BCUT2D eigenvalue weighted by molar-refractivity contribution is -0.135. The van der Waals surface area contributed by atoms with Crippen molar-refractivity contribution in [2.24, 2.45) is 5.92 Å². The van der Waals surface area contributed by atoms with Crippen LogP contribution in [0.3, 0.4) is 0 Å². The number of hydrogen-bond donors (Lipinski definition) is 1. The van der Waals surface area contributed by atoms with Gasteiger partial charge in [-0.05, 0) is 59.9 Å². The number of anilines is 1. The van der Waals surface area contributed by atoms with Gasteiger partial charge in [-0.1, -0.05) is 12.1 Å². The van der Waals surface area contributed by atoms with Gasteiger partial charge in [-0.25, -0.2) is 0 Å². The summed E-state index contributed by atoms with van der Waals surface area (Å²) in [6.45, 7) is 0.664. The highest BCUT2D eigenvalue weighted by Crippen LogP contribution is 2.39. The molecule has 1 aromatic carbocycles. The van der Waals surface area contributed by atoms with E-state index in [0.717, 1.165) is 19.3 Å². The van der Waals surface area contributed by atoms with Gasteiger partial charge in [-0.2, -0.15) is 0 Å². The standard InChI is InChI=1S/C23H22N2O3S2/c26-21(14-28-17-4-1-3-16(13-17)24-23(27)15-6-7-15)25-10-8-19-18(9-12-30-19)22(25)20-5-2-11-29-20/h1-5,9,11-13,15,22H,6-8,10,14H2,(H,24,27). The van der Waals surface area contributed by atoms with E-state index in [-0.39, 0.29) is 30.4 Å². The van der Waals surface area contributed by atoms with Crippen LogP contribution >= 0.6 is 22.7 Å². The summed E-state index contributed by atoms with van der Waals surface area (Å²) in [5.74, 6) is 0.754. The number of benzene rings is 1. The van der Waals surface area contributed by atoms with E-state index in [0.29, 0.717) is 18.0 Å². The van der Waals surface area contributed by atoms with Gasteiger partial charge in [0.05, 0.1) is 6.04 Å². The van der Waals surface area contributed by atoms with Crippen molar-refractivity contribution >= 4 is 40.2 Å². The Morgan fingerprint density at radius 1 is 1.10 bits per heavy atom. The Morgan fingerprint density at radius 3 is 2.80 bits per heavy atom. The predicted molar refractivity (Wildman–Crippen MR) is 119 cm³/mol. The number of hydrogen-bond acceptors (Lipinski definition) is 5. The lowest BCUT2D eigenvalue weighted by Gasteiger charge is -2.35. The van der Waals surface area contributed by atoms with Crippen molar-refractivity contribution in [2.75, 3.05) is 18.5 Å². The fourth-order valence-electron chi connectivity index (χ4n) is 3.82. The molecule has 0 bridgehead atoms. The molecule has 3 aromatic rings. The number of carbonyl (C=O) groups is 2. The minimum absolute atomic E-state index is 0.0264. The van der Waals surface area contributed by atoms with E-state index in [1.54, 1.807) is 28.7 Å². The van der Waals surface area contributed by atoms with E-state index in [9.17, 15) is 9.59 Å². The Bertz CT molecular complexity index is 1060. The number of thiophene rings is 2. The third-order valence-corrected chi connectivity index (χ3v) is 7.43. The van der Waals surface area contributed by atoms with Gasteiger partial charge in [0.15, 0.2) is 6.61 Å². The molecule has 1 unspecified atom stereocenters. The summed E-state index contributed by atoms with van der Waals surface area (Å²) < 4.78 is 5.82. The van der Waals surface area contributed by atoms with E-state index in [1.165, 1.54) is 15.3 Å². The monoisotopic (exact) mass is 438 g/mol. The van der Waals surface area contributed by atoms with Crippen LogP contribution in [-0.4, -0.2) is 29.9 Å². The maximum absolute atomic E-state index is 13.1. The molecule has 1 saturated carbocycles. The fraction of sp³-hybridized carbons (Fsp3) is 0.304. The number of nitrogens with zero attached hydrogens (tertiary/aromatic N) is 1. The van der Waals surface area contributed by atoms with Gasteiger partial charge < -0.3 is 15.0 Å². The zero-order valence-electron chi connectivity index (χ0n) is 16.4. The Labute approximate surface area is 183 Å². The second-order valence-electron chi connectivity index (χ2n) is 7.63. The normalized spacial score (nSPS) is 18.0. The lowest BCUT2D eigenvalue weighted by Crippen LogP contribution is -2.42. The van der Waals surface area contributed by atoms with Crippen LogP contribution in [-0.2, 0) is 16.0 Å². The first-order valence-electron chi connectivity index (χ1n) is 10.1. The minimum atomic E-state index is -0.0414. The van der Waals surface area contributed by atoms with E-state index in [1.807, 2.05) is 29.2 Å². The van der Waals surface area contributed by atoms with Crippen molar-refractivity contribution in [1.29, 1.82) is 0 Å². The van der Waals surface area contributed by atoms with Gasteiger partial charge in [0.1, 0.15) is 5.75 Å². The highest BCUT2D eigenvalue weighted by molar-refractivity contribution is 7.10. The second-order valence-corrected chi connectivity index (χ2v) is 9.61. The third kappa shape index (κ3) is 4.00. The van der Waals surface area contributed by atoms with Crippen molar-refractivity contribution in [1.82, 2.24) is 4.90 Å². The summed E-state index contributed by atoms with van der Waals surface area (Å²) in [6, 6.07) is 13.5. The van der Waals surface area contributed by atoms with Crippen LogP contribution in [0.2, 0.25) is 0 Å². The average molecular weight is 439 g/mol. The number of amides is 2. The number of fused-ring (bicyclic) bond motifs is 1. The van der Waals surface area contributed by atoms with E-state index >= 15 is 0 Å². The summed E-state index contributed by atoms with van der Waals surface area (Å²) in [4.78, 5) is 29.5. The van der Waals surface area contributed by atoms with Crippen molar-refractivity contribution in [3.63, 3.8) is 0 Å². The summed E-state index contributed by atoms with van der Waals surface area (Å²) in [7, 11) is 0. The molecule has 5 nitrogen and oxygen atoms in total. The predicted octanol–water partition coefficient (Wildman–Crippen LogP) is 4.71. The molecular weight excluding hydrogens is 416 g/mol. The Morgan fingerprint density at radius 2 is 2.00 bits per heavy atom. The Kier molecular flexibility index (Phi) is 5.31. The zero-order valence-corrected chi connectivity index (χ0v) is 18.0. The van der Waals surface area contributed by atoms with Crippen molar-refractivity contribution in [2.45, 2.75) is 25.3 Å². The molecule has 2 aliphatic rings. The molecule has 0 saturated heterocycles. The number of ether oxygens (including phenoxy) is 1. The zero-order chi connectivity index (χ0) is 20.5. The molecule has 1 aliphatic heterocycles. The molecule has 2 amide bonds. The van der Waals surface area contributed by atoms with Crippen molar-refractivity contribution in [3.05, 3.63) is 68.5 Å². The van der Waals surface area contributed by atoms with Crippen LogP contribution in [0.5, 0.6) is 5.75 Å². The summed E-state index contributed by atoms with van der Waals surface area (Å²) in [5.41, 5.74) is 1.93. The Balaban J connectivity index is 1.28. The first-order chi connectivity index (χ1) is 14.7. The largest absolute Gasteiger partial charge is 0.484 e. The quantitative estimate of drug-likeness (QED) is 0.606. The summed E-state index contributed by atoms with van der Waals surface area (Å²) in [6.07, 6.45) is 2.80. The summed E-state index contributed by atoms with van der Waals surface area (Å²) >= 11 is 3.44. The molecule has 7 heteroatoms. The van der Waals surface area contributed by atoms with Gasteiger partial charge in [0.25, 0.3) is 5.91 Å². The van der Waals surface area contributed by atoms with Gasteiger partial charge in [-0.15, -0.1) is 22.7 Å². The van der Waals surface area contributed by atoms with E-state index < -0.39 is 0 Å². The fourth-order valence-corrected chi connectivity index (χ4v) is 5.58. The molecule has 0 spiro atoms. The van der Waals surface area contributed by atoms with Crippen molar-refractivity contribution < 1.29 is 14.3 Å². The molecule has 1 aliphatic carbocycles. The van der Waals surface area contributed by atoms with Crippen LogP contribution in [0.1, 0.15) is 34.2 Å². The molecule has 30 heavy (non-hydrogen) atoms. The van der Waals surface area contributed by atoms with Crippen LogP contribution in [0.25, 0.3) is 0 Å². The second kappa shape index (κ2) is 8.24. The maximum atomic E-state index is 13.1. The van der Waals surface area contributed by atoms with Crippen LogP contribution in [0.15, 0.2) is 53.2 Å². The third-order valence-electron chi connectivity index (χ3n) is 5.51. The SMILES string of the molecule is O=C(Nc1cccc(OCC(=O)N2CCc3sccc3C2c2cccs2)c1)C1CC1. The molecule has 154 valence electrons. The maximum Gasteiger partial charge on any atom is 0.261 e. The first kappa shape index (κ1) is 19.3. The molecule has 2 aromatic heterocycles. The van der Waals surface area contributed by atoms with E-state index in [2.05, 4.69) is 28.2 Å². The van der Waals surface area contributed by atoms with Crippen LogP contribution in [0.4, 0.5) is 5.69 Å². The molecule has 1 N–H and O–H groups in total. The highest BCUT2D eigenvalue weighted by Gasteiger charge is 2.33. The highest BCUT2D eigenvalue weighted by atomic mass is 32.1. The molecule has 1 fully saturated rings. The number of rotatable bonds is 6. The van der Waals surface area contributed by atoms with Crippen molar-refractivity contribution in [3.8, 4) is 5.75 Å². The molecule has 0 radical (unpaired) electrons. The average Bonchev–Trinajstić information content (AvgIpc) is 3.26. The van der Waals surface area contributed by atoms with Gasteiger partial charge in [0.2, 0.25) is 5.91 Å². The molecule has 5 rings (SSSR count). The van der Waals surface area contributed by atoms with Crippen LogP contribution < -0.4 is 10.1 Å². The first-order valence-corrected chi connectivity index (χ1v) is 11.9. The summed E-state index contributed by atoms with van der Waals surface area (Å²) in [5, 5.41) is 7.08. The topological polar surface area (TPSA) is 58.6 Å². The number of carbonyl (C=O) groups excluding carboxylic acids is 2.